The molecule has 6 nitrogen and oxygen atoms in total. The van der Waals surface area contributed by atoms with Gasteiger partial charge in [-0.2, -0.15) is 9.90 Å². The molecule has 1 aromatic rings. The van der Waals surface area contributed by atoms with Crippen LogP contribution < -0.4 is 5.32 Å². The third kappa shape index (κ3) is 1.40. The normalized spacial score (nSPS) is 16.7. The highest BCUT2D eigenvalue weighted by Gasteiger charge is 2.22. The second-order valence-corrected chi connectivity index (χ2v) is 2.85. The van der Waals surface area contributed by atoms with E-state index in [9.17, 15) is 4.79 Å². The van der Waals surface area contributed by atoms with Gasteiger partial charge in [-0.3, -0.25) is 0 Å². The van der Waals surface area contributed by atoms with E-state index >= 15 is 0 Å². The fraction of sp³-hybridized carbons (Fsp3) is 0.571. The third-order valence-electron chi connectivity index (χ3n) is 1.99. The second-order valence-electron chi connectivity index (χ2n) is 2.85. The summed E-state index contributed by atoms with van der Waals surface area (Å²) in [5.41, 5.74) is 0.259. The van der Waals surface area contributed by atoms with E-state index < -0.39 is 5.97 Å². The van der Waals surface area contributed by atoms with Gasteiger partial charge in [0.15, 0.2) is 5.69 Å². The molecule has 1 aliphatic rings. The summed E-state index contributed by atoms with van der Waals surface area (Å²) in [6.07, 6.45) is 1.42. The molecule has 0 unspecified atom stereocenters. The highest BCUT2D eigenvalue weighted by molar-refractivity contribution is 5.86. The van der Waals surface area contributed by atoms with Gasteiger partial charge in [-0.1, -0.05) is 0 Å². The van der Waals surface area contributed by atoms with Gasteiger partial charge in [-0.15, -0.1) is 5.10 Å². The number of aromatic nitrogens is 3. The zero-order valence-electron chi connectivity index (χ0n) is 7.23. The average molecular weight is 182 g/mol. The Kier molecular flexibility index (Phi) is 1.97. The van der Waals surface area contributed by atoms with Crippen molar-refractivity contribution in [3.63, 3.8) is 0 Å². The Balaban J connectivity index is 2.12. The van der Waals surface area contributed by atoms with Gasteiger partial charge >= 0.3 is 5.97 Å². The van der Waals surface area contributed by atoms with E-state index in [2.05, 4.69) is 20.3 Å². The molecule has 0 bridgehead atoms. The number of ether oxygens (including phenoxy) is 1. The molecule has 1 saturated heterocycles. The zero-order chi connectivity index (χ0) is 9.26. The number of nitrogens with zero attached hydrogens (tertiary/aromatic N) is 3. The van der Waals surface area contributed by atoms with Crippen LogP contribution in [0.25, 0.3) is 0 Å². The van der Waals surface area contributed by atoms with Crippen molar-refractivity contribution in [2.75, 3.05) is 20.2 Å². The minimum Gasteiger partial charge on any atom is -0.464 e. The maximum atomic E-state index is 11.0. The van der Waals surface area contributed by atoms with Crippen LogP contribution in [0.4, 0.5) is 0 Å². The maximum Gasteiger partial charge on any atom is 0.360 e. The average Bonchev–Trinajstić information content (AvgIpc) is 2.49. The zero-order valence-corrected chi connectivity index (χ0v) is 7.23. The van der Waals surface area contributed by atoms with Gasteiger partial charge in [0.25, 0.3) is 0 Å². The van der Waals surface area contributed by atoms with E-state index in [1.54, 1.807) is 4.80 Å². The highest BCUT2D eigenvalue weighted by atomic mass is 16.5. The number of nitrogens with one attached hydrogen (secondary N) is 1. The summed E-state index contributed by atoms with van der Waals surface area (Å²) >= 11 is 0. The van der Waals surface area contributed by atoms with Gasteiger partial charge in [-0.05, 0) is 0 Å². The lowest BCUT2D eigenvalue weighted by Crippen LogP contribution is -2.44. The van der Waals surface area contributed by atoms with Crippen LogP contribution in [0.5, 0.6) is 0 Å². The first kappa shape index (κ1) is 8.18. The summed E-state index contributed by atoms with van der Waals surface area (Å²) in [5.74, 6) is -0.446. The van der Waals surface area contributed by atoms with Crippen LogP contribution in [0.1, 0.15) is 16.5 Å². The quantitative estimate of drug-likeness (QED) is 0.607. The lowest BCUT2D eigenvalue weighted by Gasteiger charge is -2.25. The van der Waals surface area contributed by atoms with Crippen LogP contribution in [-0.4, -0.2) is 41.2 Å². The first-order valence-electron chi connectivity index (χ1n) is 4.02. The Labute approximate surface area is 74.9 Å². The molecule has 70 valence electrons. The molecular weight excluding hydrogens is 172 g/mol. The Bertz CT molecular complexity index is 318. The predicted molar refractivity (Wildman–Crippen MR) is 43.3 cm³/mol. The topological polar surface area (TPSA) is 69.0 Å². The van der Waals surface area contributed by atoms with Crippen molar-refractivity contribution in [2.24, 2.45) is 0 Å². The Morgan fingerprint density at radius 3 is 3.08 bits per heavy atom. The van der Waals surface area contributed by atoms with Crippen LogP contribution in [0.3, 0.4) is 0 Å². The molecule has 0 amide bonds. The number of hydrogen-bond donors (Lipinski definition) is 1. The van der Waals surface area contributed by atoms with E-state index in [-0.39, 0.29) is 11.7 Å². The van der Waals surface area contributed by atoms with Gasteiger partial charge in [0, 0.05) is 13.1 Å². The van der Waals surface area contributed by atoms with E-state index in [0.717, 1.165) is 13.1 Å². The van der Waals surface area contributed by atoms with Crippen LogP contribution in [-0.2, 0) is 4.74 Å². The highest BCUT2D eigenvalue weighted by Crippen LogP contribution is 2.08. The molecule has 13 heavy (non-hydrogen) atoms. The SMILES string of the molecule is COC(=O)c1cnn(C2CNC2)n1. The summed E-state index contributed by atoms with van der Waals surface area (Å²) in [6.45, 7) is 1.71. The maximum absolute atomic E-state index is 11.0. The van der Waals surface area contributed by atoms with Crippen LogP contribution >= 0.6 is 0 Å². The molecule has 6 heteroatoms. The first-order valence-corrected chi connectivity index (χ1v) is 4.02. The number of carbonyl (C=O) groups is 1. The van der Waals surface area contributed by atoms with Crippen molar-refractivity contribution >= 4 is 5.97 Å². The Hall–Kier alpha value is -1.43. The molecule has 0 aliphatic carbocycles. The molecule has 0 saturated carbocycles. The van der Waals surface area contributed by atoms with Crippen LogP contribution in [0.2, 0.25) is 0 Å². The van der Waals surface area contributed by atoms with Crippen molar-refractivity contribution in [3.8, 4) is 0 Å². The summed E-state index contributed by atoms with van der Waals surface area (Å²) in [4.78, 5) is 12.5. The molecule has 0 spiro atoms. The first-order chi connectivity index (χ1) is 6.31. The van der Waals surface area contributed by atoms with Gasteiger partial charge in [0.05, 0.1) is 19.3 Å². The van der Waals surface area contributed by atoms with Gasteiger partial charge < -0.3 is 10.1 Å². The van der Waals surface area contributed by atoms with E-state index in [0.29, 0.717) is 0 Å². The van der Waals surface area contributed by atoms with E-state index in [4.69, 9.17) is 0 Å². The summed E-state index contributed by atoms with van der Waals surface area (Å²) in [7, 11) is 1.33. The van der Waals surface area contributed by atoms with Crippen LogP contribution in [0, 0.1) is 0 Å². The van der Waals surface area contributed by atoms with E-state index in [1.807, 2.05) is 0 Å². The third-order valence-corrected chi connectivity index (χ3v) is 1.99. The number of methoxy groups -OCH3 is 1. The van der Waals surface area contributed by atoms with Crippen molar-refractivity contribution in [3.05, 3.63) is 11.9 Å². The van der Waals surface area contributed by atoms with Gasteiger partial charge in [0.1, 0.15) is 0 Å². The van der Waals surface area contributed by atoms with Crippen molar-refractivity contribution in [1.29, 1.82) is 0 Å². The second kappa shape index (κ2) is 3.14. The Morgan fingerprint density at radius 1 is 1.77 bits per heavy atom. The van der Waals surface area contributed by atoms with Crippen molar-refractivity contribution < 1.29 is 9.53 Å². The number of rotatable bonds is 2. The fourth-order valence-electron chi connectivity index (χ4n) is 1.09. The molecule has 0 aromatic carbocycles. The summed E-state index contributed by atoms with van der Waals surface area (Å²) in [5, 5.41) is 11.1. The lowest BCUT2D eigenvalue weighted by molar-refractivity contribution is 0.0592. The Morgan fingerprint density at radius 2 is 2.54 bits per heavy atom. The van der Waals surface area contributed by atoms with Crippen molar-refractivity contribution in [1.82, 2.24) is 20.3 Å². The molecule has 0 atom stereocenters. The number of carbonyl (C=O) groups excluding carboxylic acids is 1. The van der Waals surface area contributed by atoms with E-state index in [1.165, 1.54) is 13.3 Å². The standard InChI is InChI=1S/C7H10N4O2/c1-13-7(12)6-4-9-11(10-6)5-2-8-3-5/h4-5,8H,2-3H2,1H3. The lowest BCUT2D eigenvalue weighted by atomic mass is 10.2. The molecular formula is C7H10N4O2. The van der Waals surface area contributed by atoms with Crippen LogP contribution in [0.15, 0.2) is 6.20 Å². The van der Waals surface area contributed by atoms with Gasteiger partial charge in [0.2, 0.25) is 0 Å². The monoisotopic (exact) mass is 182 g/mol. The van der Waals surface area contributed by atoms with Gasteiger partial charge in [-0.25, -0.2) is 4.79 Å². The molecule has 1 aromatic heterocycles. The fourth-order valence-corrected chi connectivity index (χ4v) is 1.09. The largest absolute Gasteiger partial charge is 0.464 e. The molecule has 1 N–H and O–H groups in total. The molecule has 1 fully saturated rings. The number of hydrogen-bond acceptors (Lipinski definition) is 5. The molecule has 2 heterocycles. The minimum absolute atomic E-state index is 0.259. The summed E-state index contributed by atoms with van der Waals surface area (Å²) in [6, 6.07) is 0.276. The smallest absolute Gasteiger partial charge is 0.360 e. The predicted octanol–water partition coefficient (Wildman–Crippen LogP) is -0.791. The van der Waals surface area contributed by atoms with Crippen molar-refractivity contribution in [2.45, 2.75) is 6.04 Å². The molecule has 1 aliphatic heterocycles. The minimum atomic E-state index is -0.446. The number of esters is 1. The summed E-state index contributed by atoms with van der Waals surface area (Å²) < 4.78 is 4.51. The molecule has 0 radical (unpaired) electrons. The molecule has 2 rings (SSSR count).